The van der Waals surface area contributed by atoms with Crippen LogP contribution in [0.1, 0.15) is 38.3 Å². The number of rotatable bonds is 9. The number of sulfonamides is 1. The monoisotopic (exact) mass is 632 g/mol. The van der Waals surface area contributed by atoms with Crippen molar-refractivity contribution >= 4 is 27.6 Å². The Morgan fingerprint density at radius 3 is 2.45 bits per heavy atom. The van der Waals surface area contributed by atoms with Gasteiger partial charge in [0.2, 0.25) is 5.95 Å². The third-order valence-electron chi connectivity index (χ3n) is 7.33. The van der Waals surface area contributed by atoms with Crippen LogP contribution >= 0.6 is 0 Å². The lowest BCUT2D eigenvalue weighted by molar-refractivity contribution is 0.0292. The highest BCUT2D eigenvalue weighted by Crippen LogP contribution is 2.34. The lowest BCUT2D eigenvalue weighted by Gasteiger charge is -2.30. The predicted molar refractivity (Wildman–Crippen MR) is 163 cm³/mol. The van der Waals surface area contributed by atoms with E-state index in [0.717, 1.165) is 10.4 Å². The molecule has 2 heterocycles. The van der Waals surface area contributed by atoms with E-state index in [2.05, 4.69) is 4.98 Å². The van der Waals surface area contributed by atoms with Gasteiger partial charge < -0.3 is 24.0 Å². The zero-order valence-electron chi connectivity index (χ0n) is 25.9. The summed E-state index contributed by atoms with van der Waals surface area (Å²) in [4.78, 5) is 19.2. The number of aromatic nitrogens is 1. The van der Waals surface area contributed by atoms with Gasteiger partial charge in [-0.1, -0.05) is 6.07 Å². The van der Waals surface area contributed by atoms with Gasteiger partial charge in [0, 0.05) is 43.5 Å². The van der Waals surface area contributed by atoms with E-state index in [1.165, 1.54) is 38.5 Å². The Kier molecular flexibility index (Phi) is 9.57. The number of carbonyl (C=O) groups is 1. The quantitative estimate of drug-likeness (QED) is 0.284. The first kappa shape index (κ1) is 32.8. The predicted octanol–water partition coefficient (Wildman–Crippen LogP) is 5.53. The number of carbonyl (C=O) groups excluding carboxylic acids is 1. The summed E-state index contributed by atoms with van der Waals surface area (Å²) in [6, 6.07) is 10.9. The summed E-state index contributed by atoms with van der Waals surface area (Å²) in [5.74, 6) is -1.29. The number of nitrogens with zero attached hydrogens (tertiary/aromatic N) is 4. The third-order valence-corrected chi connectivity index (χ3v) is 9.09. The molecule has 1 unspecified atom stereocenters. The van der Waals surface area contributed by atoms with Crippen molar-refractivity contribution in [2.75, 3.05) is 43.6 Å². The largest absolute Gasteiger partial charge is 0.497 e. The second-order valence-electron chi connectivity index (χ2n) is 11.6. The van der Waals surface area contributed by atoms with Crippen molar-refractivity contribution in [1.82, 2.24) is 9.88 Å². The van der Waals surface area contributed by atoms with Crippen LogP contribution in [0.2, 0.25) is 0 Å². The Morgan fingerprint density at radius 2 is 1.82 bits per heavy atom. The SMILES string of the molecule is COc1ccc(CN(c2cccc(F)n2)S(=O)(=O)c2cc(C)c(N(C)C3CCN(C(=O)OC(C)(C)C)C3)cc2F)c(OC)c1. The Labute approximate surface area is 257 Å². The van der Waals surface area contributed by atoms with Crippen molar-refractivity contribution in [2.24, 2.45) is 0 Å². The molecular weight excluding hydrogens is 594 g/mol. The fraction of sp³-hybridized carbons (Fsp3) is 0.419. The van der Waals surface area contributed by atoms with Crippen LogP contribution in [0.25, 0.3) is 0 Å². The van der Waals surface area contributed by atoms with E-state index in [4.69, 9.17) is 14.2 Å². The average molecular weight is 633 g/mol. The molecule has 1 aromatic heterocycles. The van der Waals surface area contributed by atoms with E-state index in [0.29, 0.717) is 47.8 Å². The first-order valence-electron chi connectivity index (χ1n) is 14.0. The van der Waals surface area contributed by atoms with Crippen LogP contribution in [-0.2, 0) is 21.3 Å². The van der Waals surface area contributed by atoms with E-state index in [1.807, 2.05) is 4.90 Å². The molecule has 1 aliphatic heterocycles. The van der Waals surface area contributed by atoms with Gasteiger partial charge in [-0.05, 0) is 76.1 Å². The van der Waals surface area contributed by atoms with Crippen molar-refractivity contribution in [3.63, 3.8) is 0 Å². The number of methoxy groups -OCH3 is 2. The summed E-state index contributed by atoms with van der Waals surface area (Å²) in [5, 5.41) is 0. The molecule has 1 amide bonds. The Hall–Kier alpha value is -4.13. The fourth-order valence-electron chi connectivity index (χ4n) is 5.05. The van der Waals surface area contributed by atoms with Gasteiger partial charge in [0.25, 0.3) is 10.0 Å². The number of benzene rings is 2. The van der Waals surface area contributed by atoms with Gasteiger partial charge in [0.05, 0.1) is 20.8 Å². The van der Waals surface area contributed by atoms with E-state index >= 15 is 4.39 Å². The molecule has 3 aromatic rings. The van der Waals surface area contributed by atoms with Crippen LogP contribution in [0.5, 0.6) is 11.5 Å². The summed E-state index contributed by atoms with van der Waals surface area (Å²) in [6.07, 6.45) is 0.205. The van der Waals surface area contributed by atoms with Crippen molar-refractivity contribution < 1.29 is 36.2 Å². The summed E-state index contributed by atoms with van der Waals surface area (Å²) < 4.78 is 75.3. The minimum Gasteiger partial charge on any atom is -0.497 e. The van der Waals surface area contributed by atoms with Gasteiger partial charge in [-0.2, -0.15) is 4.39 Å². The van der Waals surface area contributed by atoms with E-state index in [-0.39, 0.29) is 18.4 Å². The van der Waals surface area contributed by atoms with E-state index in [9.17, 15) is 17.6 Å². The van der Waals surface area contributed by atoms with Crippen molar-refractivity contribution in [2.45, 2.75) is 57.2 Å². The zero-order valence-corrected chi connectivity index (χ0v) is 26.7. The zero-order chi connectivity index (χ0) is 32.4. The minimum atomic E-state index is -4.61. The normalized spacial score (nSPS) is 15.2. The molecular formula is C31H38F2N4O6S. The highest BCUT2D eigenvalue weighted by atomic mass is 32.2. The maximum absolute atomic E-state index is 15.8. The smallest absolute Gasteiger partial charge is 0.410 e. The number of amides is 1. The Balaban J connectivity index is 1.67. The highest BCUT2D eigenvalue weighted by Gasteiger charge is 2.34. The van der Waals surface area contributed by atoms with Crippen LogP contribution in [0.15, 0.2) is 53.4 Å². The van der Waals surface area contributed by atoms with Gasteiger partial charge in [-0.3, -0.25) is 0 Å². The second-order valence-corrected chi connectivity index (χ2v) is 13.4. The molecule has 44 heavy (non-hydrogen) atoms. The molecule has 2 aromatic carbocycles. The van der Waals surface area contributed by atoms with Crippen LogP contribution < -0.4 is 18.7 Å². The summed E-state index contributed by atoms with van der Waals surface area (Å²) in [7, 11) is 0.0760. The molecule has 13 heteroatoms. The summed E-state index contributed by atoms with van der Waals surface area (Å²) in [5.41, 5.74) is 0.768. The maximum Gasteiger partial charge on any atom is 0.410 e. The number of pyridine rings is 1. The molecule has 1 aliphatic rings. The van der Waals surface area contributed by atoms with Gasteiger partial charge in [0.15, 0.2) is 0 Å². The molecule has 1 saturated heterocycles. The van der Waals surface area contributed by atoms with Crippen molar-refractivity contribution in [3.8, 4) is 11.5 Å². The number of hydrogen-bond donors (Lipinski definition) is 0. The molecule has 0 spiro atoms. The second kappa shape index (κ2) is 12.8. The number of aryl methyl sites for hydroxylation is 1. The van der Waals surface area contributed by atoms with Crippen molar-refractivity contribution in [3.05, 3.63) is 71.4 Å². The van der Waals surface area contributed by atoms with Crippen LogP contribution in [0.3, 0.4) is 0 Å². The molecule has 10 nitrogen and oxygen atoms in total. The van der Waals surface area contributed by atoms with Gasteiger partial charge >= 0.3 is 6.09 Å². The number of ether oxygens (including phenoxy) is 3. The first-order valence-corrected chi connectivity index (χ1v) is 15.5. The number of hydrogen-bond acceptors (Lipinski definition) is 8. The Bertz CT molecular complexity index is 1630. The molecule has 0 aliphatic carbocycles. The lowest BCUT2D eigenvalue weighted by Crippen LogP contribution is -2.39. The lowest BCUT2D eigenvalue weighted by atomic mass is 10.1. The number of halogens is 2. The molecule has 0 N–H and O–H groups in total. The Morgan fingerprint density at radius 1 is 1.09 bits per heavy atom. The van der Waals surface area contributed by atoms with Gasteiger partial charge in [-0.15, -0.1) is 0 Å². The molecule has 0 bridgehead atoms. The highest BCUT2D eigenvalue weighted by molar-refractivity contribution is 7.92. The summed E-state index contributed by atoms with van der Waals surface area (Å²) >= 11 is 0. The fourth-order valence-corrected chi connectivity index (χ4v) is 6.58. The van der Waals surface area contributed by atoms with Crippen LogP contribution in [0.4, 0.5) is 25.1 Å². The summed E-state index contributed by atoms with van der Waals surface area (Å²) in [6.45, 7) is 7.59. The number of likely N-dealkylation sites (N-methyl/N-ethyl adjacent to an activating group) is 1. The molecule has 1 atom stereocenters. The van der Waals surface area contributed by atoms with Gasteiger partial charge in [0.1, 0.15) is 33.6 Å². The van der Waals surface area contributed by atoms with E-state index in [1.54, 1.807) is 57.8 Å². The topological polar surface area (TPSA) is 102 Å². The number of likely N-dealkylation sites (tertiary alicyclic amines) is 1. The first-order chi connectivity index (χ1) is 20.6. The number of anilines is 2. The molecule has 0 saturated carbocycles. The standard InChI is InChI=1S/C31H38F2N4O6S/c1-20-15-27(24(32)17-25(20)35(5)22-13-14-36(19-22)30(38)43-31(2,3)4)44(39,40)37(29-10-8-9-28(33)34-29)18-21-11-12-23(41-6)16-26(21)42-7/h8-12,15-17,22H,13-14,18-19H2,1-7H3. The van der Waals surface area contributed by atoms with Crippen molar-refractivity contribution in [1.29, 1.82) is 0 Å². The maximum atomic E-state index is 15.8. The van der Waals surface area contributed by atoms with Crippen LogP contribution in [0, 0.1) is 18.7 Å². The van der Waals surface area contributed by atoms with E-state index < -0.39 is 38.4 Å². The molecule has 238 valence electrons. The molecule has 4 rings (SSSR count). The average Bonchev–Trinajstić information content (AvgIpc) is 3.46. The molecule has 0 radical (unpaired) electrons. The van der Waals surface area contributed by atoms with Crippen LogP contribution in [-0.4, -0.2) is 70.4 Å². The van der Waals surface area contributed by atoms with Gasteiger partial charge in [-0.25, -0.2) is 26.9 Å². The molecule has 1 fully saturated rings. The third kappa shape index (κ3) is 7.15. The minimum absolute atomic E-state index is 0.140.